The van der Waals surface area contributed by atoms with Gasteiger partial charge in [0.05, 0.1) is 27.4 Å². The number of imidazole rings is 1. The lowest BCUT2D eigenvalue weighted by Gasteiger charge is -2.09. The molecule has 0 unspecified atom stereocenters. The van der Waals surface area contributed by atoms with Crippen molar-refractivity contribution in [3.63, 3.8) is 0 Å². The lowest BCUT2D eigenvalue weighted by molar-refractivity contribution is 0.242. The third-order valence-corrected chi connectivity index (χ3v) is 6.66. The molecule has 3 aromatic carbocycles. The van der Waals surface area contributed by atoms with Crippen LogP contribution in [0.1, 0.15) is 19.4 Å². The molecule has 6 nitrogen and oxygen atoms in total. The molecule has 0 radical (unpaired) electrons. The highest BCUT2D eigenvalue weighted by molar-refractivity contribution is 7.15. The molecular weight excluding hydrogens is 456 g/mol. The molecule has 0 fully saturated rings. The van der Waals surface area contributed by atoms with Crippen LogP contribution in [0.15, 0.2) is 89.9 Å². The zero-order valence-corrected chi connectivity index (χ0v) is 20.1. The van der Waals surface area contributed by atoms with E-state index in [1.54, 1.807) is 4.40 Å². The predicted molar refractivity (Wildman–Crippen MR) is 140 cm³/mol. The van der Waals surface area contributed by atoms with Crippen molar-refractivity contribution < 1.29 is 4.74 Å². The summed E-state index contributed by atoms with van der Waals surface area (Å²) in [7, 11) is 0. The van der Waals surface area contributed by atoms with Crippen LogP contribution in [0.2, 0.25) is 0 Å². The second-order valence-corrected chi connectivity index (χ2v) is 9.55. The lowest BCUT2D eigenvalue weighted by atomic mass is 10.1. The molecule has 0 saturated heterocycles. The number of benzene rings is 3. The normalized spacial score (nSPS) is 12.3. The van der Waals surface area contributed by atoms with Gasteiger partial charge in [0, 0.05) is 17.3 Å². The molecule has 0 N–H and O–H groups in total. The minimum absolute atomic E-state index is 0.0715. The first-order chi connectivity index (χ1) is 17.1. The highest BCUT2D eigenvalue weighted by Crippen LogP contribution is 2.27. The predicted octanol–water partition coefficient (Wildman–Crippen LogP) is 5.10. The molecule has 0 spiro atoms. The van der Waals surface area contributed by atoms with E-state index in [-0.39, 0.29) is 11.7 Å². The molecule has 35 heavy (non-hydrogen) atoms. The maximum absolute atomic E-state index is 13.3. The van der Waals surface area contributed by atoms with Gasteiger partial charge in [-0.15, -0.1) is 0 Å². The average Bonchev–Trinajstić information content (AvgIpc) is 3.53. The number of para-hydroxylation sites is 3. The Morgan fingerprint density at radius 2 is 1.69 bits per heavy atom. The number of fused-ring (bicyclic) bond motifs is 3. The van der Waals surface area contributed by atoms with Gasteiger partial charge >= 0.3 is 0 Å². The van der Waals surface area contributed by atoms with Gasteiger partial charge in [-0.3, -0.25) is 4.79 Å². The molecule has 0 atom stereocenters. The molecule has 6 rings (SSSR count). The Hall–Kier alpha value is -4.23. The summed E-state index contributed by atoms with van der Waals surface area (Å²) >= 11 is 1.39. The summed E-state index contributed by atoms with van der Waals surface area (Å²) in [6.45, 7) is 4.01. The van der Waals surface area contributed by atoms with Crippen LogP contribution >= 0.6 is 11.3 Å². The summed E-state index contributed by atoms with van der Waals surface area (Å²) in [5.74, 6) is 0.810. The van der Waals surface area contributed by atoms with E-state index in [1.807, 2.05) is 110 Å². The summed E-state index contributed by atoms with van der Waals surface area (Å²) in [6.07, 6.45) is 3.98. The van der Waals surface area contributed by atoms with Gasteiger partial charge in [0.25, 0.3) is 5.56 Å². The zero-order chi connectivity index (χ0) is 23.9. The molecule has 0 amide bonds. The monoisotopic (exact) mass is 478 g/mol. The van der Waals surface area contributed by atoms with E-state index >= 15 is 0 Å². The van der Waals surface area contributed by atoms with Crippen LogP contribution in [0, 0.1) is 0 Å². The number of thiazole rings is 1. The van der Waals surface area contributed by atoms with Crippen LogP contribution < -0.4 is 14.8 Å². The van der Waals surface area contributed by atoms with Crippen LogP contribution in [-0.2, 0) is 0 Å². The van der Waals surface area contributed by atoms with E-state index in [4.69, 9.17) is 9.84 Å². The molecular formula is C28H22N4O2S. The fraction of sp³-hybridized carbons (Fsp3) is 0.107. The number of aromatic nitrogens is 4. The standard InChI is InChI=1S/C28H22N4O2S/c1-18(2)34-22-14-12-19(13-15-22)26-20(17-31(30-26)21-8-4-3-5-9-21)16-25-27(33)32-24-11-7-6-10-23(24)29-28(32)35-25/h3-18H,1-2H3/b25-16-. The molecule has 3 heterocycles. The number of hydrogen-bond donors (Lipinski definition) is 0. The average molecular weight is 479 g/mol. The van der Waals surface area contributed by atoms with Crippen molar-refractivity contribution in [3.05, 3.63) is 106 Å². The number of rotatable bonds is 5. The van der Waals surface area contributed by atoms with Crippen molar-refractivity contribution in [2.24, 2.45) is 0 Å². The molecule has 0 aliphatic carbocycles. The maximum atomic E-state index is 13.3. The van der Waals surface area contributed by atoms with E-state index in [0.717, 1.165) is 39.3 Å². The molecule has 0 bridgehead atoms. The Kier molecular flexibility index (Phi) is 5.19. The molecule has 0 aliphatic rings. The third-order valence-electron chi connectivity index (χ3n) is 5.69. The van der Waals surface area contributed by atoms with Crippen molar-refractivity contribution in [3.8, 4) is 22.7 Å². The van der Waals surface area contributed by atoms with Gasteiger partial charge in [0.1, 0.15) is 11.4 Å². The minimum Gasteiger partial charge on any atom is -0.491 e. The molecule has 0 saturated carbocycles. The molecule has 0 aliphatic heterocycles. The first-order valence-corrected chi connectivity index (χ1v) is 12.2. The highest BCUT2D eigenvalue weighted by atomic mass is 32.1. The van der Waals surface area contributed by atoms with E-state index in [0.29, 0.717) is 9.49 Å². The van der Waals surface area contributed by atoms with E-state index < -0.39 is 0 Å². The highest BCUT2D eigenvalue weighted by Gasteiger charge is 2.14. The summed E-state index contributed by atoms with van der Waals surface area (Å²) < 4.78 is 9.95. The van der Waals surface area contributed by atoms with Crippen molar-refractivity contribution in [2.75, 3.05) is 0 Å². The summed E-state index contributed by atoms with van der Waals surface area (Å²) in [5.41, 5.74) is 5.12. The largest absolute Gasteiger partial charge is 0.491 e. The van der Waals surface area contributed by atoms with Gasteiger partial charge in [-0.05, 0) is 68.5 Å². The van der Waals surface area contributed by atoms with Crippen molar-refractivity contribution in [1.82, 2.24) is 19.2 Å². The Bertz CT molecular complexity index is 1760. The van der Waals surface area contributed by atoms with Crippen molar-refractivity contribution in [1.29, 1.82) is 0 Å². The van der Waals surface area contributed by atoms with Crippen molar-refractivity contribution in [2.45, 2.75) is 20.0 Å². The number of hydrogen-bond acceptors (Lipinski definition) is 5. The van der Waals surface area contributed by atoms with E-state index in [2.05, 4.69) is 4.98 Å². The van der Waals surface area contributed by atoms with E-state index in [1.165, 1.54) is 11.3 Å². The first-order valence-electron chi connectivity index (χ1n) is 11.4. The molecule has 3 aromatic heterocycles. The van der Waals surface area contributed by atoms with Gasteiger partial charge in [0.15, 0.2) is 4.96 Å². The smallest absolute Gasteiger partial charge is 0.274 e. The Balaban J connectivity index is 1.52. The quantitative estimate of drug-likeness (QED) is 0.346. The molecule has 6 aromatic rings. The number of nitrogens with zero attached hydrogens (tertiary/aromatic N) is 4. The van der Waals surface area contributed by atoms with Crippen LogP contribution in [0.3, 0.4) is 0 Å². The Labute approximate surface area is 205 Å². The van der Waals surface area contributed by atoms with Gasteiger partial charge < -0.3 is 4.74 Å². The number of ether oxygens (including phenoxy) is 1. The van der Waals surface area contributed by atoms with Gasteiger partial charge in [-0.25, -0.2) is 14.1 Å². The van der Waals surface area contributed by atoms with Gasteiger partial charge in [0.2, 0.25) is 0 Å². The summed E-state index contributed by atoms with van der Waals surface area (Å²) in [6, 6.07) is 25.5. The van der Waals surface area contributed by atoms with Crippen LogP contribution in [0.5, 0.6) is 5.75 Å². The van der Waals surface area contributed by atoms with Crippen molar-refractivity contribution >= 4 is 33.4 Å². The van der Waals surface area contributed by atoms with Crippen LogP contribution in [-0.4, -0.2) is 25.3 Å². The van der Waals surface area contributed by atoms with E-state index in [9.17, 15) is 4.79 Å². The SMILES string of the molecule is CC(C)Oc1ccc(-c2nn(-c3ccccc3)cc2/C=c2\sc3nc4ccccc4n3c2=O)cc1. The summed E-state index contributed by atoms with van der Waals surface area (Å²) in [5, 5.41) is 4.88. The molecule has 172 valence electrons. The van der Waals surface area contributed by atoms with Gasteiger partial charge in [-0.1, -0.05) is 41.7 Å². The fourth-order valence-corrected chi connectivity index (χ4v) is 5.12. The van der Waals surface area contributed by atoms with Gasteiger partial charge in [-0.2, -0.15) is 5.10 Å². The summed E-state index contributed by atoms with van der Waals surface area (Å²) in [4.78, 5) is 18.7. The van der Waals surface area contributed by atoms with Crippen LogP contribution in [0.4, 0.5) is 0 Å². The minimum atomic E-state index is -0.0715. The second kappa shape index (κ2) is 8.52. The third kappa shape index (κ3) is 3.90. The Morgan fingerprint density at radius 1 is 0.943 bits per heavy atom. The lowest BCUT2D eigenvalue weighted by Crippen LogP contribution is -2.22. The zero-order valence-electron chi connectivity index (χ0n) is 19.3. The van der Waals surface area contributed by atoms with Crippen LogP contribution in [0.25, 0.3) is 39.0 Å². The first kappa shape index (κ1) is 21.3. The molecule has 7 heteroatoms. The second-order valence-electron chi connectivity index (χ2n) is 8.54. The topological polar surface area (TPSA) is 61.4 Å². The Morgan fingerprint density at radius 3 is 2.46 bits per heavy atom. The fourth-order valence-electron chi connectivity index (χ4n) is 4.15. The maximum Gasteiger partial charge on any atom is 0.274 e.